The van der Waals surface area contributed by atoms with E-state index in [0.29, 0.717) is 0 Å². The summed E-state index contributed by atoms with van der Waals surface area (Å²) in [6, 6.07) is 0. The van der Waals surface area contributed by atoms with Crippen molar-refractivity contribution in [1.82, 2.24) is 0 Å². The monoisotopic (exact) mass is 200 g/mol. The van der Waals surface area contributed by atoms with Crippen LogP contribution in [0.1, 0.15) is 41.5 Å². The molecule has 0 rings (SSSR count). The fourth-order valence-electron chi connectivity index (χ4n) is 0.654. The molecular weight excluding hydrogens is 180 g/mol. The van der Waals surface area contributed by atoms with Gasteiger partial charge in [0.2, 0.25) is 5.78 Å². The van der Waals surface area contributed by atoms with Gasteiger partial charge in [-0.2, -0.15) is 0 Å². The van der Waals surface area contributed by atoms with Crippen molar-refractivity contribution in [3.63, 3.8) is 0 Å². The van der Waals surface area contributed by atoms with Crippen LogP contribution in [-0.2, 0) is 14.3 Å². The van der Waals surface area contributed by atoms with Crippen molar-refractivity contribution in [2.45, 2.75) is 41.5 Å². The Bertz CT molecular complexity index is 228. The first-order valence-electron chi connectivity index (χ1n) is 4.75. The minimum absolute atomic E-state index is 0.103. The zero-order valence-corrected chi connectivity index (χ0v) is 9.93. The van der Waals surface area contributed by atoms with Crippen LogP contribution < -0.4 is 0 Å². The molecule has 0 saturated carbocycles. The molecule has 14 heavy (non-hydrogen) atoms. The Morgan fingerprint density at radius 1 is 1.00 bits per heavy atom. The van der Waals surface area contributed by atoms with Gasteiger partial charge in [-0.3, -0.25) is 4.79 Å². The molecule has 0 radical (unpaired) electrons. The molecule has 0 aromatic heterocycles. The highest BCUT2D eigenvalue weighted by Crippen LogP contribution is 2.17. The molecule has 0 aliphatic rings. The van der Waals surface area contributed by atoms with Crippen molar-refractivity contribution < 1.29 is 14.3 Å². The van der Waals surface area contributed by atoms with Crippen molar-refractivity contribution in [3.8, 4) is 0 Å². The normalized spacial score (nSPS) is 12.4. The number of ketones is 1. The third-order valence-electron chi connectivity index (χ3n) is 1.50. The highest BCUT2D eigenvalue weighted by atomic mass is 16.5. The molecule has 0 amide bonds. The lowest BCUT2D eigenvalue weighted by molar-refractivity contribution is -0.159. The van der Waals surface area contributed by atoms with E-state index in [2.05, 4.69) is 0 Å². The van der Waals surface area contributed by atoms with Gasteiger partial charge in [0, 0.05) is 5.41 Å². The molecule has 0 aromatic rings. The van der Waals surface area contributed by atoms with Crippen LogP contribution in [0.4, 0.5) is 0 Å². The van der Waals surface area contributed by atoms with Crippen LogP contribution in [0.2, 0.25) is 0 Å². The summed E-state index contributed by atoms with van der Waals surface area (Å²) in [5.41, 5.74) is -0.761. The number of rotatable bonds is 2. The maximum Gasteiger partial charge on any atom is 0.375 e. The molecule has 0 saturated heterocycles. The molecule has 0 aliphatic carbocycles. The molecule has 3 nitrogen and oxygen atoms in total. The number of esters is 1. The fraction of sp³-hybridized carbons (Fsp3) is 0.818. The Labute approximate surface area is 85.8 Å². The summed E-state index contributed by atoms with van der Waals surface area (Å²) in [4.78, 5) is 22.7. The minimum atomic E-state index is -0.729. The molecule has 0 N–H and O–H groups in total. The lowest BCUT2D eigenvalue weighted by atomic mass is 9.91. The summed E-state index contributed by atoms with van der Waals surface area (Å²) < 4.78 is 4.91. The van der Waals surface area contributed by atoms with Crippen LogP contribution in [0.5, 0.6) is 0 Å². The second-order valence-electron chi connectivity index (χ2n) is 5.72. The first kappa shape index (κ1) is 13.1. The third kappa shape index (κ3) is 5.00. The Morgan fingerprint density at radius 2 is 1.43 bits per heavy atom. The fourth-order valence-corrected chi connectivity index (χ4v) is 0.654. The van der Waals surface area contributed by atoms with Gasteiger partial charge in [-0.25, -0.2) is 4.79 Å². The summed E-state index contributed by atoms with van der Waals surface area (Å²) in [6.07, 6.45) is 0. The lowest BCUT2D eigenvalue weighted by Gasteiger charge is -2.20. The second kappa shape index (κ2) is 4.11. The molecule has 0 heterocycles. The van der Waals surface area contributed by atoms with Gasteiger partial charge in [0.25, 0.3) is 0 Å². The van der Waals surface area contributed by atoms with Crippen LogP contribution in [0.25, 0.3) is 0 Å². The lowest BCUT2D eigenvalue weighted by Crippen LogP contribution is -2.32. The van der Waals surface area contributed by atoms with E-state index in [1.807, 2.05) is 20.8 Å². The molecule has 0 fully saturated rings. The van der Waals surface area contributed by atoms with Crippen molar-refractivity contribution in [2.24, 2.45) is 10.8 Å². The molecule has 0 atom stereocenters. The standard InChI is InChI=1S/C11H20O3/c1-10(2,3)7-14-9(13)8(12)11(4,5)6/h7H2,1-6H3. The van der Waals surface area contributed by atoms with Gasteiger partial charge < -0.3 is 4.74 Å². The van der Waals surface area contributed by atoms with E-state index in [-0.39, 0.29) is 12.0 Å². The van der Waals surface area contributed by atoms with E-state index in [1.54, 1.807) is 20.8 Å². The molecule has 0 bridgehead atoms. The number of hydrogen-bond acceptors (Lipinski definition) is 3. The van der Waals surface area contributed by atoms with Crippen LogP contribution in [-0.4, -0.2) is 18.4 Å². The van der Waals surface area contributed by atoms with E-state index < -0.39 is 17.2 Å². The molecule has 0 spiro atoms. The van der Waals surface area contributed by atoms with E-state index >= 15 is 0 Å². The topological polar surface area (TPSA) is 43.4 Å². The number of carbonyl (C=O) groups excluding carboxylic acids is 2. The third-order valence-corrected chi connectivity index (χ3v) is 1.50. The van der Waals surface area contributed by atoms with Gasteiger partial charge in [-0.05, 0) is 5.41 Å². The van der Waals surface area contributed by atoms with Crippen molar-refractivity contribution in [2.75, 3.05) is 6.61 Å². The summed E-state index contributed by atoms with van der Waals surface area (Å²) >= 11 is 0. The summed E-state index contributed by atoms with van der Waals surface area (Å²) in [5, 5.41) is 0. The SMILES string of the molecule is CC(C)(C)COC(=O)C(=O)C(C)(C)C. The molecule has 0 unspecified atom stereocenters. The van der Waals surface area contributed by atoms with E-state index in [4.69, 9.17) is 4.74 Å². The quantitative estimate of drug-likeness (QED) is 0.507. The first-order chi connectivity index (χ1) is 6.04. The number of hydrogen-bond donors (Lipinski definition) is 0. The van der Waals surface area contributed by atoms with Crippen LogP contribution in [0, 0.1) is 10.8 Å². The van der Waals surface area contributed by atoms with Crippen molar-refractivity contribution >= 4 is 11.8 Å². The van der Waals surface area contributed by atoms with Gasteiger partial charge >= 0.3 is 5.97 Å². The Hall–Kier alpha value is -0.860. The Kier molecular flexibility index (Phi) is 3.86. The van der Waals surface area contributed by atoms with Crippen LogP contribution in [0.15, 0.2) is 0 Å². The number of carbonyl (C=O) groups is 2. The predicted molar refractivity (Wildman–Crippen MR) is 54.9 cm³/mol. The zero-order chi connectivity index (χ0) is 11.6. The minimum Gasteiger partial charge on any atom is -0.459 e. The van der Waals surface area contributed by atoms with E-state index in [1.165, 1.54) is 0 Å². The van der Waals surface area contributed by atoms with Gasteiger partial charge in [0.05, 0.1) is 6.61 Å². The van der Waals surface area contributed by atoms with Gasteiger partial charge in [-0.15, -0.1) is 0 Å². The zero-order valence-electron chi connectivity index (χ0n) is 9.93. The smallest absolute Gasteiger partial charge is 0.375 e. The van der Waals surface area contributed by atoms with Gasteiger partial charge in [0.15, 0.2) is 0 Å². The molecule has 0 aromatic carbocycles. The van der Waals surface area contributed by atoms with Gasteiger partial charge in [-0.1, -0.05) is 41.5 Å². The van der Waals surface area contributed by atoms with Crippen LogP contribution in [0.3, 0.4) is 0 Å². The summed E-state index contributed by atoms with van der Waals surface area (Å²) in [7, 11) is 0. The highest BCUT2D eigenvalue weighted by Gasteiger charge is 2.30. The maximum atomic E-state index is 11.4. The second-order valence-corrected chi connectivity index (χ2v) is 5.72. The molecule has 3 heteroatoms. The maximum absolute atomic E-state index is 11.4. The average Bonchev–Trinajstić information content (AvgIpc) is 1.95. The molecule has 82 valence electrons. The molecule has 0 aliphatic heterocycles. The average molecular weight is 200 g/mol. The van der Waals surface area contributed by atoms with Gasteiger partial charge in [0.1, 0.15) is 0 Å². The van der Waals surface area contributed by atoms with Crippen LogP contribution >= 0.6 is 0 Å². The first-order valence-corrected chi connectivity index (χ1v) is 4.75. The summed E-state index contributed by atoms with van der Waals surface area (Å²) in [6.45, 7) is 11.2. The highest BCUT2D eigenvalue weighted by molar-refractivity contribution is 6.35. The van der Waals surface area contributed by atoms with E-state index in [0.717, 1.165) is 0 Å². The predicted octanol–water partition coefficient (Wildman–Crippen LogP) is 2.19. The molecular formula is C11H20O3. The van der Waals surface area contributed by atoms with E-state index in [9.17, 15) is 9.59 Å². The summed E-state index contributed by atoms with van der Waals surface area (Å²) in [5.74, 6) is -1.20. The van der Waals surface area contributed by atoms with Crippen molar-refractivity contribution in [1.29, 1.82) is 0 Å². The van der Waals surface area contributed by atoms with Crippen molar-refractivity contribution in [3.05, 3.63) is 0 Å². The largest absolute Gasteiger partial charge is 0.459 e. The Balaban J connectivity index is 4.19. The Morgan fingerprint density at radius 3 is 1.71 bits per heavy atom. The number of Topliss-reactive ketones (excluding diaryl/α,β-unsaturated/α-hetero) is 1. The number of ether oxygens (including phenoxy) is 1.